The van der Waals surface area contributed by atoms with E-state index < -0.39 is 29.2 Å². The van der Waals surface area contributed by atoms with Crippen molar-refractivity contribution in [1.29, 1.82) is 0 Å². The van der Waals surface area contributed by atoms with E-state index in [0.717, 1.165) is 13.1 Å². The van der Waals surface area contributed by atoms with Crippen molar-refractivity contribution >= 4 is 5.69 Å². The molecule has 1 aromatic rings. The first kappa shape index (κ1) is 13.1. The van der Waals surface area contributed by atoms with Crippen LogP contribution in [-0.4, -0.2) is 36.1 Å². The van der Waals surface area contributed by atoms with Crippen molar-refractivity contribution in [2.75, 3.05) is 25.5 Å². The number of rotatable bonds is 2. The van der Waals surface area contributed by atoms with Gasteiger partial charge < -0.3 is 10.2 Å². The minimum Gasteiger partial charge on any atom is -0.377 e. The highest BCUT2D eigenvalue weighted by Crippen LogP contribution is 2.24. The Bertz CT molecular complexity index is 418. The highest BCUT2D eigenvalue weighted by molar-refractivity contribution is 5.46. The maximum absolute atomic E-state index is 13.4. The highest BCUT2D eigenvalue weighted by Gasteiger charge is 2.24. The summed E-state index contributed by atoms with van der Waals surface area (Å²) in [6.45, 7) is 1.52. The van der Waals surface area contributed by atoms with E-state index in [4.69, 9.17) is 0 Å². The number of nitrogens with zero attached hydrogens (tertiary/aromatic N) is 2. The molecular weight excluding hydrogens is 250 g/mol. The summed E-state index contributed by atoms with van der Waals surface area (Å²) in [7, 11) is 1.93. The van der Waals surface area contributed by atoms with Crippen molar-refractivity contribution in [2.24, 2.45) is 0 Å². The minimum atomic E-state index is -1.63. The molecule has 0 amide bonds. The third-order valence-electron chi connectivity index (χ3n) is 3.06. The van der Waals surface area contributed by atoms with Gasteiger partial charge in [0.25, 0.3) is 11.9 Å². The summed E-state index contributed by atoms with van der Waals surface area (Å²) in [4.78, 5) is 4.57. The maximum Gasteiger partial charge on any atom is 0.253 e. The number of anilines is 1. The maximum atomic E-state index is 13.4. The van der Waals surface area contributed by atoms with Gasteiger partial charge in [0.05, 0.1) is 0 Å². The lowest BCUT2D eigenvalue weighted by Gasteiger charge is -2.30. The third kappa shape index (κ3) is 2.55. The first-order chi connectivity index (χ1) is 8.49. The Kier molecular flexibility index (Phi) is 3.70. The van der Waals surface area contributed by atoms with Crippen LogP contribution in [0.2, 0.25) is 0 Å². The van der Waals surface area contributed by atoms with E-state index >= 15 is 0 Å². The standard InChI is InChI=1S/C11H13F4N3/c1-18-4-2-6(3-5-18)16-9-7(12)10(14)17-11(15)8(9)13/h6H,2-5H2,1H3,(H,16,17). The molecule has 1 aliphatic rings. The van der Waals surface area contributed by atoms with Gasteiger partial charge in [0.1, 0.15) is 5.69 Å². The Morgan fingerprint density at radius 2 is 1.56 bits per heavy atom. The van der Waals surface area contributed by atoms with Crippen LogP contribution >= 0.6 is 0 Å². The third-order valence-corrected chi connectivity index (χ3v) is 3.06. The molecule has 0 saturated carbocycles. The van der Waals surface area contributed by atoms with Gasteiger partial charge in [-0.3, -0.25) is 0 Å². The van der Waals surface area contributed by atoms with Crippen LogP contribution < -0.4 is 5.32 Å². The van der Waals surface area contributed by atoms with E-state index in [1.165, 1.54) is 0 Å². The molecule has 100 valence electrons. The van der Waals surface area contributed by atoms with Crippen LogP contribution in [0.3, 0.4) is 0 Å². The highest BCUT2D eigenvalue weighted by atomic mass is 19.2. The SMILES string of the molecule is CN1CCC(Nc2c(F)c(F)nc(F)c2F)CC1. The molecule has 0 bridgehead atoms. The lowest BCUT2D eigenvalue weighted by molar-refractivity contribution is 0.263. The minimum absolute atomic E-state index is 0.202. The normalized spacial score (nSPS) is 18.1. The van der Waals surface area contributed by atoms with Gasteiger partial charge in [0.15, 0.2) is 0 Å². The van der Waals surface area contributed by atoms with Crippen LogP contribution in [0.25, 0.3) is 0 Å². The largest absolute Gasteiger partial charge is 0.377 e. The van der Waals surface area contributed by atoms with E-state index in [1.807, 2.05) is 7.05 Å². The number of likely N-dealkylation sites (tertiary alicyclic amines) is 1. The quantitative estimate of drug-likeness (QED) is 0.654. The summed E-state index contributed by atoms with van der Waals surface area (Å²) < 4.78 is 52.5. The molecule has 0 unspecified atom stereocenters. The summed E-state index contributed by atoms with van der Waals surface area (Å²) in [5, 5.41) is 2.52. The number of hydrogen-bond acceptors (Lipinski definition) is 3. The predicted molar refractivity (Wildman–Crippen MR) is 58.2 cm³/mol. The fourth-order valence-electron chi connectivity index (χ4n) is 1.97. The van der Waals surface area contributed by atoms with Crippen molar-refractivity contribution in [1.82, 2.24) is 9.88 Å². The van der Waals surface area contributed by atoms with Gasteiger partial charge in [0, 0.05) is 6.04 Å². The smallest absolute Gasteiger partial charge is 0.253 e. The molecule has 1 fully saturated rings. The second-order valence-electron chi connectivity index (χ2n) is 4.42. The Labute approximate surface area is 102 Å². The zero-order valence-electron chi connectivity index (χ0n) is 9.81. The second kappa shape index (κ2) is 5.09. The number of nitrogens with one attached hydrogen (secondary N) is 1. The fraction of sp³-hybridized carbons (Fsp3) is 0.545. The van der Waals surface area contributed by atoms with Crippen LogP contribution in [0.4, 0.5) is 23.2 Å². The molecule has 0 spiro atoms. The van der Waals surface area contributed by atoms with Gasteiger partial charge in [0.2, 0.25) is 11.6 Å². The Morgan fingerprint density at radius 3 is 2.06 bits per heavy atom. The molecule has 0 aliphatic carbocycles. The molecule has 1 aromatic heterocycles. The predicted octanol–water partition coefficient (Wildman–Crippen LogP) is 2.14. The first-order valence-electron chi connectivity index (χ1n) is 5.64. The van der Waals surface area contributed by atoms with Crippen molar-refractivity contribution in [3.05, 3.63) is 23.5 Å². The van der Waals surface area contributed by atoms with Crippen LogP contribution in [-0.2, 0) is 0 Å². The van der Waals surface area contributed by atoms with Crippen LogP contribution in [0.5, 0.6) is 0 Å². The van der Waals surface area contributed by atoms with E-state index in [0.29, 0.717) is 12.8 Å². The zero-order chi connectivity index (χ0) is 13.3. The van der Waals surface area contributed by atoms with Crippen molar-refractivity contribution < 1.29 is 17.6 Å². The lowest BCUT2D eigenvalue weighted by Crippen LogP contribution is -2.37. The average Bonchev–Trinajstić information content (AvgIpc) is 2.34. The fourth-order valence-corrected chi connectivity index (χ4v) is 1.97. The summed E-state index contributed by atoms with van der Waals surface area (Å²) in [5.41, 5.74) is -0.769. The monoisotopic (exact) mass is 263 g/mol. The Balaban J connectivity index is 2.18. The van der Waals surface area contributed by atoms with Crippen LogP contribution in [0.1, 0.15) is 12.8 Å². The number of pyridine rings is 1. The Hall–Kier alpha value is -1.37. The van der Waals surface area contributed by atoms with Crippen molar-refractivity contribution in [3.8, 4) is 0 Å². The van der Waals surface area contributed by atoms with Gasteiger partial charge in [-0.1, -0.05) is 0 Å². The van der Waals surface area contributed by atoms with Crippen LogP contribution in [0, 0.1) is 23.5 Å². The molecular formula is C11H13F4N3. The van der Waals surface area contributed by atoms with Gasteiger partial charge >= 0.3 is 0 Å². The Morgan fingerprint density at radius 1 is 1.06 bits per heavy atom. The molecule has 2 heterocycles. The molecule has 1 N–H and O–H groups in total. The average molecular weight is 263 g/mol. The number of halogens is 4. The molecule has 0 aromatic carbocycles. The van der Waals surface area contributed by atoms with Crippen molar-refractivity contribution in [2.45, 2.75) is 18.9 Å². The van der Waals surface area contributed by atoms with Gasteiger partial charge in [-0.05, 0) is 33.0 Å². The summed E-state index contributed by atoms with van der Waals surface area (Å²) in [6, 6.07) is -0.202. The van der Waals surface area contributed by atoms with E-state index in [-0.39, 0.29) is 6.04 Å². The number of aromatic nitrogens is 1. The molecule has 3 nitrogen and oxygen atoms in total. The molecule has 1 saturated heterocycles. The molecule has 7 heteroatoms. The van der Waals surface area contributed by atoms with Gasteiger partial charge in [-0.2, -0.15) is 22.5 Å². The van der Waals surface area contributed by atoms with Crippen LogP contribution in [0.15, 0.2) is 0 Å². The summed E-state index contributed by atoms with van der Waals surface area (Å²) in [6.07, 6.45) is 1.31. The second-order valence-corrected chi connectivity index (χ2v) is 4.42. The zero-order valence-corrected chi connectivity index (χ0v) is 9.81. The number of hydrogen-bond donors (Lipinski definition) is 1. The molecule has 18 heavy (non-hydrogen) atoms. The van der Waals surface area contributed by atoms with Gasteiger partial charge in [-0.25, -0.2) is 0 Å². The van der Waals surface area contributed by atoms with E-state index in [1.54, 1.807) is 0 Å². The summed E-state index contributed by atoms with van der Waals surface area (Å²) in [5.74, 6) is -6.23. The first-order valence-corrected chi connectivity index (χ1v) is 5.64. The summed E-state index contributed by atoms with van der Waals surface area (Å²) >= 11 is 0. The number of piperidine rings is 1. The topological polar surface area (TPSA) is 28.2 Å². The molecule has 0 radical (unpaired) electrons. The molecule has 0 atom stereocenters. The van der Waals surface area contributed by atoms with Crippen molar-refractivity contribution in [3.63, 3.8) is 0 Å². The lowest BCUT2D eigenvalue weighted by atomic mass is 10.1. The van der Waals surface area contributed by atoms with E-state index in [2.05, 4.69) is 15.2 Å². The van der Waals surface area contributed by atoms with E-state index in [9.17, 15) is 17.6 Å². The molecule has 2 rings (SSSR count). The molecule has 1 aliphatic heterocycles. The van der Waals surface area contributed by atoms with Gasteiger partial charge in [-0.15, -0.1) is 0 Å².